The van der Waals surface area contributed by atoms with Gasteiger partial charge in [0.1, 0.15) is 18.4 Å². The van der Waals surface area contributed by atoms with Crippen LogP contribution in [-0.2, 0) is 4.74 Å². The Hall–Kier alpha value is -2.13. The number of rotatable bonds is 3. The minimum Gasteiger partial charge on any atom is -0.394 e. The lowest BCUT2D eigenvalue weighted by molar-refractivity contribution is -0.0464. The molecule has 2 rings (SSSR count). The smallest absolute Gasteiger partial charge is 0.330 e. The Morgan fingerprint density at radius 1 is 1.58 bits per heavy atom. The molecule has 0 amide bonds. The summed E-state index contributed by atoms with van der Waals surface area (Å²) >= 11 is 0. The first-order valence-corrected chi connectivity index (χ1v) is 5.38. The van der Waals surface area contributed by atoms with Gasteiger partial charge in [0.05, 0.1) is 12.7 Å². The van der Waals surface area contributed by atoms with Gasteiger partial charge in [0.2, 0.25) is 0 Å². The zero-order chi connectivity index (χ0) is 14.0. The van der Waals surface area contributed by atoms with Crippen LogP contribution in [0.4, 0.5) is 0 Å². The summed E-state index contributed by atoms with van der Waals surface area (Å²) in [4.78, 5) is 27.2. The average Bonchev–Trinajstić information content (AvgIpc) is 2.68. The second-order valence-electron chi connectivity index (χ2n) is 3.95. The Bertz CT molecular complexity index is 618. The van der Waals surface area contributed by atoms with Crippen molar-refractivity contribution in [3.63, 3.8) is 0 Å². The monoisotopic (exact) mass is 269 g/mol. The summed E-state index contributed by atoms with van der Waals surface area (Å²) < 4.78 is 6.26. The fourth-order valence-corrected chi connectivity index (χ4v) is 1.92. The maximum Gasteiger partial charge on any atom is 0.330 e. The molecule has 102 valence electrons. The van der Waals surface area contributed by atoms with Gasteiger partial charge in [-0.3, -0.25) is 14.3 Å². The van der Waals surface area contributed by atoms with Gasteiger partial charge in [-0.05, 0) is 5.53 Å². The number of aromatic nitrogens is 2. The minimum atomic E-state index is -1.25. The van der Waals surface area contributed by atoms with E-state index < -0.39 is 42.3 Å². The molecule has 4 atom stereocenters. The molecule has 3 N–H and O–H groups in total. The Kier molecular flexibility index (Phi) is 3.67. The Morgan fingerprint density at radius 2 is 2.32 bits per heavy atom. The van der Waals surface area contributed by atoms with Crippen molar-refractivity contribution in [2.24, 2.45) is 5.11 Å². The van der Waals surface area contributed by atoms with Crippen molar-refractivity contribution in [2.45, 2.75) is 24.5 Å². The van der Waals surface area contributed by atoms with Crippen molar-refractivity contribution >= 4 is 0 Å². The van der Waals surface area contributed by atoms with Crippen LogP contribution in [0.15, 0.2) is 27.0 Å². The number of aromatic amines is 1. The molecule has 0 aliphatic carbocycles. The van der Waals surface area contributed by atoms with E-state index in [1.807, 2.05) is 4.98 Å². The van der Waals surface area contributed by atoms with Crippen LogP contribution in [0.2, 0.25) is 0 Å². The molecule has 0 aromatic carbocycles. The summed E-state index contributed by atoms with van der Waals surface area (Å²) in [7, 11) is 0. The zero-order valence-corrected chi connectivity index (χ0v) is 9.58. The minimum absolute atomic E-state index is 0.493. The highest BCUT2D eigenvalue weighted by molar-refractivity contribution is 4.96. The third-order valence-electron chi connectivity index (χ3n) is 2.83. The summed E-state index contributed by atoms with van der Waals surface area (Å²) in [5, 5.41) is 22.2. The molecule has 0 saturated carbocycles. The second-order valence-corrected chi connectivity index (χ2v) is 3.95. The van der Waals surface area contributed by atoms with Crippen molar-refractivity contribution in [1.29, 1.82) is 0 Å². The predicted molar refractivity (Wildman–Crippen MR) is 61.3 cm³/mol. The number of aliphatic hydroxyl groups excluding tert-OH is 2. The van der Waals surface area contributed by atoms with Gasteiger partial charge in [0, 0.05) is 17.2 Å². The van der Waals surface area contributed by atoms with E-state index in [-0.39, 0.29) is 0 Å². The molecular formula is C9H11N5O5. The lowest BCUT2D eigenvalue weighted by Crippen LogP contribution is -2.36. The molecule has 0 radical (unpaired) electrons. The highest BCUT2D eigenvalue weighted by atomic mass is 16.5. The number of aliphatic hydroxyl groups is 2. The normalized spacial score (nSPS) is 30.0. The number of azide groups is 1. The van der Waals surface area contributed by atoms with E-state index in [0.29, 0.717) is 0 Å². The van der Waals surface area contributed by atoms with Crippen molar-refractivity contribution < 1.29 is 14.9 Å². The van der Waals surface area contributed by atoms with Crippen molar-refractivity contribution in [1.82, 2.24) is 9.55 Å². The number of ether oxygens (including phenoxy) is 1. The number of H-pyrrole nitrogens is 1. The number of nitrogens with zero attached hydrogens (tertiary/aromatic N) is 4. The van der Waals surface area contributed by atoms with Gasteiger partial charge >= 0.3 is 5.69 Å². The van der Waals surface area contributed by atoms with Crippen molar-refractivity contribution in [3.05, 3.63) is 43.5 Å². The average molecular weight is 269 g/mol. The molecule has 1 saturated heterocycles. The molecule has 1 aliphatic heterocycles. The van der Waals surface area contributed by atoms with Gasteiger partial charge < -0.3 is 14.9 Å². The summed E-state index contributed by atoms with van der Waals surface area (Å²) in [5.41, 5.74) is 7.12. The van der Waals surface area contributed by atoms with E-state index in [9.17, 15) is 14.7 Å². The fourth-order valence-electron chi connectivity index (χ4n) is 1.92. The molecular weight excluding hydrogens is 258 g/mol. The predicted octanol–water partition coefficient (Wildman–Crippen LogP) is -1.53. The molecule has 0 bridgehead atoms. The number of nitrogens with one attached hydrogen (secondary N) is 1. The van der Waals surface area contributed by atoms with Gasteiger partial charge in [0.25, 0.3) is 5.56 Å². The van der Waals surface area contributed by atoms with E-state index in [4.69, 9.17) is 15.4 Å². The maximum absolute atomic E-state index is 11.6. The van der Waals surface area contributed by atoms with Crippen LogP contribution in [0.3, 0.4) is 0 Å². The number of hydrogen-bond acceptors (Lipinski definition) is 6. The van der Waals surface area contributed by atoms with Crippen LogP contribution < -0.4 is 11.2 Å². The molecule has 1 aliphatic rings. The Morgan fingerprint density at radius 3 is 2.89 bits per heavy atom. The third-order valence-corrected chi connectivity index (χ3v) is 2.83. The molecule has 0 spiro atoms. The Labute approximate surface area is 105 Å². The molecule has 1 fully saturated rings. The van der Waals surface area contributed by atoms with Crippen LogP contribution in [0.25, 0.3) is 10.4 Å². The van der Waals surface area contributed by atoms with E-state index in [0.717, 1.165) is 16.8 Å². The summed E-state index contributed by atoms with van der Waals surface area (Å²) in [6.07, 6.45) is -2.14. The lowest BCUT2D eigenvalue weighted by Gasteiger charge is -2.17. The number of hydrogen-bond donors (Lipinski definition) is 3. The molecule has 10 heteroatoms. The van der Waals surface area contributed by atoms with Gasteiger partial charge in [-0.25, -0.2) is 4.79 Å². The molecule has 19 heavy (non-hydrogen) atoms. The highest BCUT2D eigenvalue weighted by Gasteiger charge is 2.44. The summed E-state index contributed by atoms with van der Waals surface area (Å²) in [6.45, 7) is -0.493. The van der Waals surface area contributed by atoms with Gasteiger partial charge in [-0.1, -0.05) is 5.11 Å². The van der Waals surface area contributed by atoms with E-state index in [2.05, 4.69) is 10.0 Å². The third kappa shape index (κ3) is 2.37. The van der Waals surface area contributed by atoms with Gasteiger partial charge in [0.15, 0.2) is 0 Å². The molecule has 0 unspecified atom stereocenters. The lowest BCUT2D eigenvalue weighted by atomic mass is 10.1. The maximum atomic E-state index is 11.6. The van der Waals surface area contributed by atoms with Crippen LogP contribution in [0.5, 0.6) is 0 Å². The van der Waals surface area contributed by atoms with Crippen molar-refractivity contribution in [3.8, 4) is 0 Å². The standard InChI is InChI=1S/C9H11N5O5/c10-13-12-6-7(17)4(3-15)19-8(6)14-2-1-5(16)11-9(14)18/h1-2,4,6-8,15,17H,3H2,(H,11,16,18)/t4-,6+,7-,8+/m1/s1. The first-order valence-electron chi connectivity index (χ1n) is 5.38. The summed E-state index contributed by atoms with van der Waals surface area (Å²) in [5.74, 6) is 0. The highest BCUT2D eigenvalue weighted by Crippen LogP contribution is 2.30. The van der Waals surface area contributed by atoms with Gasteiger partial charge in [-0.2, -0.15) is 0 Å². The topological polar surface area (TPSA) is 153 Å². The fraction of sp³-hybridized carbons (Fsp3) is 0.556. The zero-order valence-electron chi connectivity index (χ0n) is 9.58. The van der Waals surface area contributed by atoms with Crippen LogP contribution in [-0.4, -0.2) is 44.6 Å². The molecule has 2 heterocycles. The SMILES string of the molecule is [N-]=[N+]=N[C@H]1[C@H](O)[C@@H](CO)O[C@@H]1n1ccc(=O)[nH]c1=O. The van der Waals surface area contributed by atoms with Crippen LogP contribution in [0, 0.1) is 0 Å². The van der Waals surface area contributed by atoms with E-state index in [1.54, 1.807) is 0 Å². The van der Waals surface area contributed by atoms with Crippen molar-refractivity contribution in [2.75, 3.05) is 6.61 Å². The van der Waals surface area contributed by atoms with E-state index in [1.165, 1.54) is 0 Å². The quantitative estimate of drug-likeness (QED) is 0.345. The van der Waals surface area contributed by atoms with E-state index >= 15 is 0 Å². The second kappa shape index (κ2) is 5.24. The van der Waals surface area contributed by atoms with Crippen LogP contribution in [0.1, 0.15) is 6.23 Å². The first kappa shape index (κ1) is 13.3. The molecule has 1 aromatic heterocycles. The first-order chi connectivity index (χ1) is 9.08. The van der Waals surface area contributed by atoms with Gasteiger partial charge in [-0.15, -0.1) is 0 Å². The molecule has 1 aromatic rings. The Balaban J connectivity index is 2.44. The summed E-state index contributed by atoms with van der Waals surface area (Å²) in [6, 6.07) is 0.0158. The molecule has 10 nitrogen and oxygen atoms in total. The van der Waals surface area contributed by atoms with Crippen LogP contribution >= 0.6 is 0 Å². The largest absolute Gasteiger partial charge is 0.394 e.